The lowest BCUT2D eigenvalue weighted by Crippen LogP contribution is -1.81. The van der Waals surface area contributed by atoms with Gasteiger partial charge in [-0.25, -0.2) is 4.79 Å². The number of isocyanates is 1. The second-order valence-corrected chi connectivity index (χ2v) is 3.44. The van der Waals surface area contributed by atoms with Crippen LogP contribution < -0.4 is 0 Å². The van der Waals surface area contributed by atoms with Crippen molar-refractivity contribution >= 4 is 29.0 Å². The lowest BCUT2D eigenvalue weighted by Gasteiger charge is -1.96. The number of rotatable bonds is 2. The maximum Gasteiger partial charge on any atom is 0.235 e. The summed E-state index contributed by atoms with van der Waals surface area (Å²) in [5, 5.41) is 2.51. The van der Waals surface area contributed by atoms with E-state index in [1.807, 2.05) is 12.3 Å². The highest BCUT2D eigenvalue weighted by Crippen LogP contribution is 2.26. The van der Waals surface area contributed by atoms with Crippen molar-refractivity contribution in [2.24, 2.45) is 4.99 Å². The van der Waals surface area contributed by atoms with Gasteiger partial charge < -0.3 is 0 Å². The minimum atomic E-state index is -0.120. The molecule has 1 aromatic heterocycles. The van der Waals surface area contributed by atoms with Crippen LogP contribution in [0.15, 0.2) is 16.4 Å². The highest BCUT2D eigenvalue weighted by Gasteiger charge is 2.05. The average molecular weight is 188 g/mol. The number of hydrogen-bond donors (Lipinski definition) is 0. The lowest BCUT2D eigenvalue weighted by atomic mass is 10.3. The summed E-state index contributed by atoms with van der Waals surface area (Å²) in [5.74, 6) is 0. The molecule has 0 saturated carbocycles. The second-order valence-electron chi connectivity index (χ2n) is 2.06. The van der Waals surface area contributed by atoms with E-state index in [1.54, 1.807) is 6.07 Å². The molecule has 0 fully saturated rings. The van der Waals surface area contributed by atoms with E-state index in [0.717, 1.165) is 4.88 Å². The molecule has 1 unspecified atom stereocenters. The van der Waals surface area contributed by atoms with Crippen LogP contribution in [0.1, 0.15) is 17.8 Å². The van der Waals surface area contributed by atoms with Crippen molar-refractivity contribution in [3.8, 4) is 0 Å². The monoisotopic (exact) mass is 187 g/mol. The van der Waals surface area contributed by atoms with E-state index in [0.29, 0.717) is 5.02 Å². The molecule has 4 heteroatoms. The molecule has 0 saturated heterocycles. The topological polar surface area (TPSA) is 29.4 Å². The van der Waals surface area contributed by atoms with E-state index in [2.05, 4.69) is 4.99 Å². The third-order valence-electron chi connectivity index (χ3n) is 1.25. The van der Waals surface area contributed by atoms with Crippen LogP contribution in [0.5, 0.6) is 0 Å². The summed E-state index contributed by atoms with van der Waals surface area (Å²) in [5.41, 5.74) is 0. The number of aliphatic imine (C=N–C) groups is 1. The number of carbonyl (C=O) groups excluding carboxylic acids is 1. The molecular formula is C7H6ClNOS. The molecule has 0 aliphatic rings. The van der Waals surface area contributed by atoms with E-state index in [-0.39, 0.29) is 6.04 Å². The fraction of sp³-hybridized carbons (Fsp3) is 0.286. The first kappa shape index (κ1) is 8.47. The summed E-state index contributed by atoms with van der Waals surface area (Å²) >= 11 is 7.17. The van der Waals surface area contributed by atoms with Crippen molar-refractivity contribution in [3.63, 3.8) is 0 Å². The summed E-state index contributed by atoms with van der Waals surface area (Å²) in [7, 11) is 0. The quantitative estimate of drug-likeness (QED) is 0.517. The molecule has 2 nitrogen and oxygen atoms in total. The maximum atomic E-state index is 9.88. The Hall–Kier alpha value is -0.630. The normalized spacial score (nSPS) is 12.2. The highest BCUT2D eigenvalue weighted by molar-refractivity contribution is 7.10. The summed E-state index contributed by atoms with van der Waals surface area (Å²) < 4.78 is 0. The van der Waals surface area contributed by atoms with E-state index >= 15 is 0 Å². The van der Waals surface area contributed by atoms with Gasteiger partial charge in [-0.15, -0.1) is 11.3 Å². The zero-order valence-electron chi connectivity index (χ0n) is 5.87. The van der Waals surface area contributed by atoms with Crippen molar-refractivity contribution in [1.82, 2.24) is 0 Å². The molecule has 0 bridgehead atoms. The average Bonchev–Trinajstić information content (AvgIpc) is 2.36. The molecule has 1 rings (SSSR count). The Kier molecular flexibility index (Phi) is 2.83. The molecule has 0 aromatic carbocycles. The van der Waals surface area contributed by atoms with Gasteiger partial charge >= 0.3 is 0 Å². The molecular weight excluding hydrogens is 182 g/mol. The molecule has 1 aromatic rings. The van der Waals surface area contributed by atoms with Gasteiger partial charge in [-0.05, 0) is 13.0 Å². The van der Waals surface area contributed by atoms with Crippen LogP contribution in [0.25, 0.3) is 0 Å². The number of thiophene rings is 1. The van der Waals surface area contributed by atoms with E-state index < -0.39 is 0 Å². The zero-order chi connectivity index (χ0) is 8.27. The molecule has 0 radical (unpaired) electrons. The van der Waals surface area contributed by atoms with Crippen LogP contribution in [0, 0.1) is 0 Å². The molecule has 11 heavy (non-hydrogen) atoms. The van der Waals surface area contributed by atoms with Crippen molar-refractivity contribution in [2.45, 2.75) is 13.0 Å². The summed E-state index contributed by atoms with van der Waals surface area (Å²) in [4.78, 5) is 14.4. The van der Waals surface area contributed by atoms with Crippen LogP contribution in [0.2, 0.25) is 5.02 Å². The largest absolute Gasteiger partial charge is 0.235 e. The van der Waals surface area contributed by atoms with Crippen LogP contribution in [0.3, 0.4) is 0 Å². The van der Waals surface area contributed by atoms with Crippen molar-refractivity contribution in [1.29, 1.82) is 0 Å². The maximum absolute atomic E-state index is 9.88. The fourth-order valence-corrected chi connectivity index (χ4v) is 1.77. The third-order valence-corrected chi connectivity index (χ3v) is 2.70. The molecule has 0 aliphatic heterocycles. The van der Waals surface area contributed by atoms with Gasteiger partial charge in [-0.1, -0.05) is 11.6 Å². The van der Waals surface area contributed by atoms with Crippen molar-refractivity contribution in [2.75, 3.05) is 0 Å². The Morgan fingerprint density at radius 1 is 1.82 bits per heavy atom. The summed E-state index contributed by atoms with van der Waals surface area (Å²) in [6.45, 7) is 1.83. The smallest absolute Gasteiger partial charge is 0.211 e. The first-order valence-corrected chi connectivity index (χ1v) is 4.30. The Morgan fingerprint density at radius 2 is 2.55 bits per heavy atom. The molecule has 0 aliphatic carbocycles. The molecule has 0 N–H and O–H groups in total. The van der Waals surface area contributed by atoms with Crippen LogP contribution >= 0.6 is 22.9 Å². The van der Waals surface area contributed by atoms with Gasteiger partial charge in [0.1, 0.15) is 0 Å². The third kappa shape index (κ3) is 2.15. The minimum Gasteiger partial charge on any atom is -0.211 e. The van der Waals surface area contributed by atoms with Crippen LogP contribution in [-0.4, -0.2) is 6.08 Å². The predicted molar refractivity (Wildman–Crippen MR) is 45.9 cm³/mol. The van der Waals surface area contributed by atoms with Crippen LogP contribution in [0.4, 0.5) is 0 Å². The molecule has 1 atom stereocenters. The van der Waals surface area contributed by atoms with E-state index in [4.69, 9.17) is 11.6 Å². The number of hydrogen-bond acceptors (Lipinski definition) is 3. The first-order valence-electron chi connectivity index (χ1n) is 3.05. The van der Waals surface area contributed by atoms with Gasteiger partial charge in [0.2, 0.25) is 6.08 Å². The van der Waals surface area contributed by atoms with Gasteiger partial charge in [0.25, 0.3) is 0 Å². The summed E-state index contributed by atoms with van der Waals surface area (Å²) in [6, 6.07) is 1.68. The lowest BCUT2D eigenvalue weighted by molar-refractivity contribution is 0.560. The van der Waals surface area contributed by atoms with Crippen LogP contribution in [-0.2, 0) is 4.79 Å². The van der Waals surface area contributed by atoms with E-state index in [9.17, 15) is 4.79 Å². The van der Waals surface area contributed by atoms with Crippen molar-refractivity contribution < 1.29 is 4.79 Å². The van der Waals surface area contributed by atoms with Gasteiger partial charge in [-0.2, -0.15) is 4.99 Å². The second kappa shape index (κ2) is 3.67. The molecule has 0 amide bonds. The predicted octanol–water partition coefficient (Wildman–Crippen LogP) is 2.80. The minimum absolute atomic E-state index is 0.120. The fourth-order valence-electron chi connectivity index (χ4n) is 0.690. The van der Waals surface area contributed by atoms with Gasteiger partial charge in [0, 0.05) is 10.3 Å². The Bertz CT molecular complexity index is 290. The van der Waals surface area contributed by atoms with Crippen molar-refractivity contribution in [3.05, 3.63) is 21.3 Å². The summed E-state index contributed by atoms with van der Waals surface area (Å²) in [6.07, 6.45) is 1.51. The standard InChI is InChI=1S/C7H6ClNOS/c1-5(9-4-10)7-2-6(8)3-11-7/h2-3,5H,1H3. The Morgan fingerprint density at radius 3 is 3.00 bits per heavy atom. The van der Waals surface area contributed by atoms with Gasteiger partial charge in [-0.3, -0.25) is 0 Å². The van der Waals surface area contributed by atoms with Gasteiger partial charge in [0.15, 0.2) is 0 Å². The zero-order valence-corrected chi connectivity index (χ0v) is 7.45. The molecule has 58 valence electrons. The Balaban J connectivity index is 2.84. The number of nitrogens with zero attached hydrogens (tertiary/aromatic N) is 1. The molecule has 1 heterocycles. The first-order chi connectivity index (χ1) is 5.24. The Labute approximate surface area is 73.5 Å². The highest BCUT2D eigenvalue weighted by atomic mass is 35.5. The molecule has 0 spiro atoms. The van der Waals surface area contributed by atoms with E-state index in [1.165, 1.54) is 17.4 Å². The number of halogens is 1. The SMILES string of the molecule is CC(N=C=O)c1cc(Cl)cs1. The van der Waals surface area contributed by atoms with Gasteiger partial charge in [0.05, 0.1) is 11.1 Å².